The van der Waals surface area contributed by atoms with Crippen LogP contribution in [0, 0.1) is 20.2 Å². The molecule has 0 radical (unpaired) electrons. The number of rotatable bonds is 7. The maximum Gasteiger partial charge on any atom is 0.282 e. The van der Waals surface area contributed by atoms with Crippen molar-refractivity contribution in [2.45, 2.75) is 0 Å². The van der Waals surface area contributed by atoms with Crippen molar-refractivity contribution in [1.29, 1.82) is 0 Å². The van der Waals surface area contributed by atoms with E-state index in [1.165, 1.54) is 44.6 Å². The molecule has 2 aromatic carbocycles. The molecule has 0 bridgehead atoms. The van der Waals surface area contributed by atoms with Gasteiger partial charge in [-0.15, -0.1) is 0 Å². The summed E-state index contributed by atoms with van der Waals surface area (Å²) in [5.41, 5.74) is 1.25. The molecule has 2 rings (SSSR count). The summed E-state index contributed by atoms with van der Waals surface area (Å²) in [6.45, 7) is 0. The lowest BCUT2D eigenvalue weighted by molar-refractivity contribution is -0.385. The van der Waals surface area contributed by atoms with E-state index in [0.29, 0.717) is 0 Å². The predicted molar refractivity (Wildman–Crippen MR) is 94.4 cm³/mol. The van der Waals surface area contributed by atoms with Crippen molar-refractivity contribution in [3.05, 3.63) is 67.8 Å². The molecule has 2 aromatic rings. The van der Waals surface area contributed by atoms with Crippen LogP contribution in [0.2, 0.25) is 0 Å². The van der Waals surface area contributed by atoms with Crippen molar-refractivity contribution >= 4 is 23.5 Å². The van der Waals surface area contributed by atoms with Crippen LogP contribution >= 0.6 is 0 Å². The molecule has 0 atom stereocenters. The molecule has 0 unspecified atom stereocenters. The first-order valence-electron chi connectivity index (χ1n) is 7.36. The van der Waals surface area contributed by atoms with E-state index in [9.17, 15) is 25.0 Å². The Morgan fingerprint density at radius 1 is 1.04 bits per heavy atom. The van der Waals surface area contributed by atoms with Gasteiger partial charge in [0.25, 0.3) is 17.3 Å². The Hall–Kier alpha value is -4.02. The van der Waals surface area contributed by atoms with Crippen LogP contribution in [-0.2, 0) is 0 Å². The van der Waals surface area contributed by atoms with Crippen molar-refractivity contribution in [1.82, 2.24) is 5.43 Å². The summed E-state index contributed by atoms with van der Waals surface area (Å²) < 4.78 is 10.1. The van der Waals surface area contributed by atoms with Gasteiger partial charge in [-0.3, -0.25) is 25.0 Å². The fourth-order valence-corrected chi connectivity index (χ4v) is 2.19. The van der Waals surface area contributed by atoms with E-state index < -0.39 is 15.8 Å². The Kier molecular flexibility index (Phi) is 5.99. The van der Waals surface area contributed by atoms with E-state index in [1.807, 2.05) is 0 Å². The van der Waals surface area contributed by atoms with Gasteiger partial charge in [0.1, 0.15) is 5.56 Å². The molecule has 1 N–H and O–H groups in total. The maximum atomic E-state index is 12.1. The van der Waals surface area contributed by atoms with Gasteiger partial charge >= 0.3 is 0 Å². The topological polar surface area (TPSA) is 146 Å². The van der Waals surface area contributed by atoms with Crippen LogP contribution in [0.1, 0.15) is 15.9 Å². The highest BCUT2D eigenvalue weighted by atomic mass is 16.6. The molecule has 0 saturated heterocycles. The minimum Gasteiger partial charge on any atom is -0.493 e. The summed E-state index contributed by atoms with van der Waals surface area (Å²) in [5.74, 6) is -0.443. The van der Waals surface area contributed by atoms with Crippen LogP contribution in [0.4, 0.5) is 11.4 Å². The SMILES string of the molecule is COc1cc(C=NNC(=O)c2ccccc2[N+](=O)[O-])c([N+](=O)[O-])cc1OC. The van der Waals surface area contributed by atoms with Crippen LogP contribution in [-0.4, -0.2) is 36.2 Å². The molecule has 0 aromatic heterocycles. The molecular formula is C16H14N4O7. The second-order valence-electron chi connectivity index (χ2n) is 5.00. The van der Waals surface area contributed by atoms with Crippen molar-refractivity contribution in [3.63, 3.8) is 0 Å². The van der Waals surface area contributed by atoms with Gasteiger partial charge in [0, 0.05) is 6.07 Å². The molecule has 0 aliphatic heterocycles. The number of nitrogens with zero attached hydrogens (tertiary/aromatic N) is 3. The first-order valence-corrected chi connectivity index (χ1v) is 7.36. The van der Waals surface area contributed by atoms with Gasteiger partial charge in [0.05, 0.1) is 41.9 Å². The first-order chi connectivity index (χ1) is 12.9. The number of para-hydroxylation sites is 1. The molecule has 0 saturated carbocycles. The highest BCUT2D eigenvalue weighted by Gasteiger charge is 2.20. The number of carbonyl (C=O) groups excluding carboxylic acids is 1. The smallest absolute Gasteiger partial charge is 0.282 e. The first kappa shape index (κ1) is 19.3. The lowest BCUT2D eigenvalue weighted by atomic mass is 10.1. The Labute approximate surface area is 152 Å². The van der Waals surface area contributed by atoms with Gasteiger partial charge in [0.15, 0.2) is 11.5 Å². The number of ether oxygens (including phenoxy) is 2. The zero-order valence-corrected chi connectivity index (χ0v) is 14.2. The summed E-state index contributed by atoms with van der Waals surface area (Å²) in [7, 11) is 2.70. The van der Waals surface area contributed by atoms with Crippen molar-refractivity contribution in [3.8, 4) is 11.5 Å². The van der Waals surface area contributed by atoms with E-state index in [1.54, 1.807) is 0 Å². The number of hydrazone groups is 1. The number of hydrogen-bond donors (Lipinski definition) is 1. The number of carbonyl (C=O) groups is 1. The summed E-state index contributed by atoms with van der Waals surface area (Å²) in [6, 6.07) is 7.80. The molecule has 27 heavy (non-hydrogen) atoms. The summed E-state index contributed by atoms with van der Waals surface area (Å²) in [6.07, 6.45) is 1.03. The average molecular weight is 374 g/mol. The number of amides is 1. The number of nitro groups is 2. The minimum absolute atomic E-state index is 0.0421. The monoisotopic (exact) mass is 374 g/mol. The van der Waals surface area contributed by atoms with E-state index >= 15 is 0 Å². The Morgan fingerprint density at radius 2 is 1.63 bits per heavy atom. The Balaban J connectivity index is 2.29. The molecule has 0 heterocycles. The minimum atomic E-state index is -0.832. The highest BCUT2D eigenvalue weighted by Crippen LogP contribution is 2.33. The number of nitrogens with one attached hydrogen (secondary N) is 1. The number of methoxy groups -OCH3 is 2. The second-order valence-corrected chi connectivity index (χ2v) is 5.00. The predicted octanol–water partition coefficient (Wildman–Crippen LogP) is 2.28. The molecule has 0 aliphatic rings. The van der Waals surface area contributed by atoms with E-state index in [4.69, 9.17) is 9.47 Å². The third-order valence-corrected chi connectivity index (χ3v) is 3.44. The lowest BCUT2D eigenvalue weighted by Gasteiger charge is -2.08. The van der Waals surface area contributed by atoms with E-state index in [0.717, 1.165) is 12.3 Å². The van der Waals surface area contributed by atoms with Gasteiger partial charge in [-0.05, 0) is 12.1 Å². The fourth-order valence-electron chi connectivity index (χ4n) is 2.19. The van der Waals surface area contributed by atoms with Crippen molar-refractivity contribution in [2.75, 3.05) is 14.2 Å². The summed E-state index contributed by atoms with van der Waals surface area (Å²) >= 11 is 0. The Morgan fingerprint density at radius 3 is 2.22 bits per heavy atom. The fraction of sp³-hybridized carbons (Fsp3) is 0.125. The third kappa shape index (κ3) is 4.34. The summed E-state index contributed by atoms with van der Waals surface area (Å²) in [5, 5.41) is 25.8. The van der Waals surface area contributed by atoms with Crippen molar-refractivity contribution < 1.29 is 24.1 Å². The zero-order valence-electron chi connectivity index (χ0n) is 14.2. The zero-order chi connectivity index (χ0) is 20.0. The van der Waals surface area contributed by atoms with Crippen LogP contribution in [0.25, 0.3) is 0 Å². The van der Waals surface area contributed by atoms with Crippen LogP contribution in [0.15, 0.2) is 41.5 Å². The van der Waals surface area contributed by atoms with Crippen LogP contribution in [0.3, 0.4) is 0 Å². The second kappa shape index (κ2) is 8.38. The standard InChI is InChI=1S/C16H14N4O7/c1-26-14-7-10(13(20(24)25)8-15(14)27-2)9-17-18-16(21)11-5-3-4-6-12(11)19(22)23/h3-9H,1-2H3,(H,18,21). The van der Waals surface area contributed by atoms with Gasteiger partial charge in [-0.2, -0.15) is 5.10 Å². The van der Waals surface area contributed by atoms with E-state index in [-0.39, 0.29) is 34.0 Å². The molecular weight excluding hydrogens is 360 g/mol. The molecule has 0 aliphatic carbocycles. The molecule has 11 nitrogen and oxygen atoms in total. The van der Waals surface area contributed by atoms with Gasteiger partial charge in [0.2, 0.25) is 0 Å². The average Bonchev–Trinajstić information content (AvgIpc) is 2.67. The molecule has 140 valence electrons. The van der Waals surface area contributed by atoms with Gasteiger partial charge in [-0.25, -0.2) is 5.43 Å². The summed E-state index contributed by atoms with van der Waals surface area (Å²) in [4.78, 5) is 32.9. The van der Waals surface area contributed by atoms with Crippen molar-refractivity contribution in [2.24, 2.45) is 5.10 Å². The van der Waals surface area contributed by atoms with Crippen LogP contribution in [0.5, 0.6) is 11.5 Å². The molecule has 0 fully saturated rings. The lowest BCUT2D eigenvalue weighted by Crippen LogP contribution is -2.19. The van der Waals surface area contributed by atoms with Crippen LogP contribution < -0.4 is 14.9 Å². The maximum absolute atomic E-state index is 12.1. The third-order valence-electron chi connectivity index (χ3n) is 3.44. The van der Waals surface area contributed by atoms with Gasteiger partial charge in [-0.1, -0.05) is 12.1 Å². The number of nitro benzene ring substituents is 2. The number of benzene rings is 2. The quantitative estimate of drug-likeness (QED) is 0.444. The highest BCUT2D eigenvalue weighted by molar-refractivity contribution is 5.98. The molecule has 11 heteroatoms. The normalized spacial score (nSPS) is 10.4. The molecule has 0 spiro atoms. The van der Waals surface area contributed by atoms with E-state index in [2.05, 4.69) is 10.5 Å². The Bertz CT molecular complexity index is 927. The number of hydrogen-bond acceptors (Lipinski definition) is 8. The molecule has 1 amide bonds. The largest absolute Gasteiger partial charge is 0.493 e. The van der Waals surface area contributed by atoms with Gasteiger partial charge < -0.3 is 9.47 Å².